The Morgan fingerprint density at radius 2 is 1.50 bits per heavy atom. The van der Waals surface area contributed by atoms with E-state index in [1.54, 1.807) is 27.0 Å². The summed E-state index contributed by atoms with van der Waals surface area (Å²) in [7, 11) is 2.95. The summed E-state index contributed by atoms with van der Waals surface area (Å²) in [6.45, 7) is 13.2. The van der Waals surface area contributed by atoms with Crippen LogP contribution in [0, 0.1) is 11.8 Å². The highest BCUT2D eigenvalue weighted by molar-refractivity contribution is 5.90. The molecule has 1 aliphatic heterocycles. The van der Waals surface area contributed by atoms with Crippen LogP contribution in [0.4, 0.5) is 10.6 Å². The van der Waals surface area contributed by atoms with Crippen LogP contribution >= 0.6 is 0 Å². The first-order valence-corrected chi connectivity index (χ1v) is 19.6. The fraction of sp³-hybridized carbons (Fsp3) is 0.619. The van der Waals surface area contributed by atoms with Gasteiger partial charge in [-0.05, 0) is 76.0 Å². The number of anilines is 1. The number of likely N-dealkylation sites (N-methyl/N-ethyl adjacent to an activating group) is 2. The number of ether oxygens (including phenoxy) is 5. The number of hydrogen-bond acceptors (Lipinski definition) is 12. The van der Waals surface area contributed by atoms with Crippen LogP contribution in [-0.2, 0) is 55.9 Å². The second kappa shape index (κ2) is 20.4. The lowest BCUT2D eigenvalue weighted by molar-refractivity contribution is -0.174. The molecule has 0 N–H and O–H groups in total. The van der Waals surface area contributed by atoms with E-state index in [2.05, 4.69) is 9.88 Å². The zero-order chi connectivity index (χ0) is 41.0. The smallest absolute Gasteiger partial charge is 0.410 e. The maximum absolute atomic E-state index is 14.5. The van der Waals surface area contributed by atoms with Gasteiger partial charge in [-0.1, -0.05) is 63.1 Å². The van der Waals surface area contributed by atoms with Crippen molar-refractivity contribution in [3.63, 3.8) is 0 Å². The fourth-order valence-corrected chi connectivity index (χ4v) is 6.16. The molecule has 1 saturated heterocycles. The minimum Gasteiger partial charge on any atom is -0.458 e. The predicted octanol–water partition coefficient (Wildman–Crippen LogP) is 5.35. The number of amides is 2. The topological polar surface area (TPSA) is 154 Å². The van der Waals surface area contributed by atoms with Crippen molar-refractivity contribution in [1.82, 2.24) is 14.8 Å². The minimum absolute atomic E-state index is 0.0108. The molecular weight excluding hydrogens is 720 g/mol. The summed E-state index contributed by atoms with van der Waals surface area (Å²) in [5.41, 5.74) is 0.607. The highest BCUT2D eigenvalue weighted by atomic mass is 16.6. The third kappa shape index (κ3) is 13.8. The first-order chi connectivity index (χ1) is 26.5. The Labute approximate surface area is 331 Å². The maximum atomic E-state index is 14.5. The number of pyridine rings is 1. The molecule has 4 atom stereocenters. The Bertz CT molecular complexity index is 1600. The second-order valence-electron chi connectivity index (χ2n) is 16.1. The van der Waals surface area contributed by atoms with E-state index in [0.29, 0.717) is 44.7 Å². The molecule has 14 heteroatoms. The van der Waals surface area contributed by atoms with E-state index in [1.807, 2.05) is 56.3 Å². The molecule has 1 aliphatic carbocycles. The SMILES string of the molecule is CC(C)CC[C@@H](C(=O)O[C@H](C)C(=O)OCc1ccccc1)N(C)C(=O)[C@@H](Cc1ccc(N2CCOCC2)nc1)OC(=O)[C@H](CC1CC1)N(C)C(=O)OC(C)(C)C. The Hall–Kier alpha value is -4.72. The molecule has 2 aromatic rings. The molecule has 0 spiro atoms. The molecule has 56 heavy (non-hydrogen) atoms. The van der Waals surface area contributed by atoms with Gasteiger partial charge in [0.1, 0.15) is 30.1 Å². The summed E-state index contributed by atoms with van der Waals surface area (Å²) >= 11 is 0. The number of aromatic nitrogens is 1. The third-order valence-electron chi connectivity index (χ3n) is 9.73. The van der Waals surface area contributed by atoms with Crippen LogP contribution in [0.15, 0.2) is 48.7 Å². The molecule has 14 nitrogen and oxygen atoms in total. The lowest BCUT2D eigenvalue weighted by Gasteiger charge is -2.33. The van der Waals surface area contributed by atoms with E-state index in [0.717, 1.165) is 24.2 Å². The van der Waals surface area contributed by atoms with Gasteiger partial charge in [-0.15, -0.1) is 0 Å². The molecule has 2 aliphatic rings. The van der Waals surface area contributed by atoms with Crippen molar-refractivity contribution in [3.8, 4) is 0 Å². The van der Waals surface area contributed by atoms with Gasteiger partial charge in [0.25, 0.3) is 5.91 Å². The van der Waals surface area contributed by atoms with Gasteiger partial charge in [0.05, 0.1) is 13.2 Å². The van der Waals surface area contributed by atoms with Crippen molar-refractivity contribution in [2.24, 2.45) is 11.8 Å². The highest BCUT2D eigenvalue weighted by Gasteiger charge is 2.40. The van der Waals surface area contributed by atoms with Gasteiger partial charge < -0.3 is 33.5 Å². The number of nitrogens with zero attached hydrogens (tertiary/aromatic N) is 4. The normalized spacial score (nSPS) is 16.6. The van der Waals surface area contributed by atoms with Crippen LogP contribution in [0.1, 0.15) is 84.8 Å². The number of carbonyl (C=O) groups excluding carboxylic acids is 5. The van der Waals surface area contributed by atoms with Crippen LogP contribution < -0.4 is 4.90 Å². The van der Waals surface area contributed by atoms with E-state index in [9.17, 15) is 24.0 Å². The molecule has 308 valence electrons. The average Bonchev–Trinajstić information content (AvgIpc) is 3.99. The molecule has 0 unspecified atom stereocenters. The van der Waals surface area contributed by atoms with Crippen molar-refractivity contribution in [2.75, 3.05) is 45.3 Å². The van der Waals surface area contributed by atoms with Gasteiger partial charge >= 0.3 is 24.0 Å². The zero-order valence-electron chi connectivity index (χ0n) is 34.2. The van der Waals surface area contributed by atoms with Crippen molar-refractivity contribution >= 4 is 35.7 Å². The Balaban J connectivity index is 1.57. The van der Waals surface area contributed by atoms with Crippen LogP contribution in [0.25, 0.3) is 0 Å². The third-order valence-corrected chi connectivity index (χ3v) is 9.73. The molecule has 2 heterocycles. The quantitative estimate of drug-likeness (QED) is 0.142. The van der Waals surface area contributed by atoms with Gasteiger partial charge in [0, 0.05) is 39.8 Å². The Morgan fingerprint density at radius 1 is 0.839 bits per heavy atom. The average molecular weight is 781 g/mol. The zero-order valence-corrected chi connectivity index (χ0v) is 34.2. The van der Waals surface area contributed by atoms with Gasteiger partial charge in [-0.3, -0.25) is 9.69 Å². The van der Waals surface area contributed by atoms with Gasteiger partial charge in [-0.25, -0.2) is 24.2 Å². The summed E-state index contributed by atoms with van der Waals surface area (Å²) in [6.07, 6.45) is 1.24. The van der Waals surface area contributed by atoms with E-state index >= 15 is 0 Å². The molecule has 2 fully saturated rings. The molecule has 1 aromatic carbocycles. The van der Waals surface area contributed by atoms with Gasteiger partial charge in [0.2, 0.25) is 0 Å². The van der Waals surface area contributed by atoms with E-state index in [4.69, 9.17) is 23.7 Å². The lowest BCUT2D eigenvalue weighted by Crippen LogP contribution is -2.52. The second-order valence-corrected chi connectivity index (χ2v) is 16.1. The number of benzene rings is 1. The van der Waals surface area contributed by atoms with Crippen LogP contribution in [0.5, 0.6) is 0 Å². The molecule has 1 aromatic heterocycles. The molecule has 4 rings (SSSR count). The minimum atomic E-state index is -1.39. The Kier molecular flexibility index (Phi) is 16.1. The highest BCUT2D eigenvalue weighted by Crippen LogP contribution is 2.35. The lowest BCUT2D eigenvalue weighted by atomic mass is 10.0. The van der Waals surface area contributed by atoms with Crippen molar-refractivity contribution in [2.45, 2.75) is 117 Å². The summed E-state index contributed by atoms with van der Waals surface area (Å²) in [5.74, 6) is -1.76. The van der Waals surface area contributed by atoms with Crippen LogP contribution in [-0.4, -0.2) is 115 Å². The molecular formula is C42H60N4O10. The van der Waals surface area contributed by atoms with Crippen LogP contribution in [0.3, 0.4) is 0 Å². The summed E-state index contributed by atoms with van der Waals surface area (Å²) in [5, 5.41) is 0. The number of morpholine rings is 1. The standard InChI is InChI=1S/C42H60N4O10/c1-28(2)14-18-33(39(49)54-29(3)38(48)53-27-31-12-10-9-11-13-31)44(7)37(47)35(25-32-17-19-36(43-26-32)46-20-22-52-23-21-46)55-40(50)34(24-30-15-16-30)45(8)41(51)56-42(4,5)6/h9-13,17,19,26,28-30,33-35H,14-16,18,20-25,27H2,1-8H3/t29-,33+,34+,35-/m1/s1. The first kappa shape index (κ1) is 44.0. The Morgan fingerprint density at radius 3 is 2.09 bits per heavy atom. The van der Waals surface area contributed by atoms with Crippen LogP contribution in [0.2, 0.25) is 0 Å². The van der Waals surface area contributed by atoms with E-state index < -0.39 is 59.8 Å². The number of hydrogen-bond donors (Lipinski definition) is 0. The monoisotopic (exact) mass is 780 g/mol. The first-order valence-electron chi connectivity index (χ1n) is 19.6. The number of carbonyl (C=O) groups is 5. The molecule has 1 saturated carbocycles. The van der Waals surface area contributed by atoms with E-state index in [-0.39, 0.29) is 31.3 Å². The summed E-state index contributed by atoms with van der Waals surface area (Å²) in [4.78, 5) is 77.6. The van der Waals surface area contributed by atoms with Gasteiger partial charge in [0.15, 0.2) is 12.2 Å². The number of rotatable bonds is 18. The van der Waals surface area contributed by atoms with Crippen molar-refractivity contribution in [1.29, 1.82) is 0 Å². The molecule has 0 radical (unpaired) electrons. The summed E-state index contributed by atoms with van der Waals surface area (Å²) in [6, 6.07) is 10.7. The molecule has 2 amide bonds. The molecule has 0 bridgehead atoms. The number of esters is 3. The van der Waals surface area contributed by atoms with Gasteiger partial charge in [-0.2, -0.15) is 0 Å². The maximum Gasteiger partial charge on any atom is 0.410 e. The van der Waals surface area contributed by atoms with Crippen molar-refractivity contribution in [3.05, 3.63) is 59.8 Å². The summed E-state index contributed by atoms with van der Waals surface area (Å²) < 4.78 is 28.1. The van der Waals surface area contributed by atoms with Crippen molar-refractivity contribution < 1.29 is 47.7 Å². The predicted molar refractivity (Wildman–Crippen MR) is 208 cm³/mol. The van der Waals surface area contributed by atoms with E-state index in [1.165, 1.54) is 30.8 Å². The fourth-order valence-electron chi connectivity index (χ4n) is 6.16. The largest absolute Gasteiger partial charge is 0.458 e.